The second-order valence-electron chi connectivity index (χ2n) is 7.51. The highest BCUT2D eigenvalue weighted by Gasteiger charge is 2.22. The largest absolute Gasteiger partial charge is 0.298 e. The molecule has 0 atom stereocenters. The number of hydrogen-bond acceptors (Lipinski definition) is 4. The van der Waals surface area contributed by atoms with E-state index in [2.05, 4.69) is 18.8 Å². The Balaban J connectivity index is 2.40. The van der Waals surface area contributed by atoms with Crippen molar-refractivity contribution in [3.8, 4) is 0 Å². The lowest BCUT2D eigenvalue weighted by Gasteiger charge is -2.17. The third-order valence-corrected chi connectivity index (χ3v) is 4.90. The minimum atomic E-state index is -0.382. The molecule has 0 aliphatic carbocycles. The molecule has 0 aliphatic rings. The molecule has 0 bridgehead atoms. The third kappa shape index (κ3) is 4.47. The van der Waals surface area contributed by atoms with E-state index in [1.807, 2.05) is 45.0 Å². The van der Waals surface area contributed by atoms with Gasteiger partial charge in [-0.3, -0.25) is 14.2 Å². The summed E-state index contributed by atoms with van der Waals surface area (Å²) in [5, 5.41) is 1.27. The second-order valence-corrected chi connectivity index (χ2v) is 8.46. The van der Waals surface area contributed by atoms with E-state index in [0.29, 0.717) is 34.3 Å². The lowest BCUT2D eigenvalue weighted by atomic mass is 9.92. The molecule has 0 spiro atoms. The predicted octanol–water partition coefficient (Wildman–Crippen LogP) is 4.15. The van der Waals surface area contributed by atoms with Crippen molar-refractivity contribution in [2.24, 2.45) is 11.3 Å². The molecule has 1 aromatic heterocycles. The standard InChI is InChI=1S/C19H26N2O2S/c1-13(2)10-11-21-17(23)14-8-6-7-9-15(14)20-18(21)24-12-16(22)19(3,4)5/h6-9,13H,10-12H2,1-5H3. The molecule has 24 heavy (non-hydrogen) atoms. The monoisotopic (exact) mass is 346 g/mol. The molecular weight excluding hydrogens is 320 g/mol. The number of hydrogen-bond donors (Lipinski definition) is 0. The topological polar surface area (TPSA) is 52.0 Å². The van der Waals surface area contributed by atoms with Crippen molar-refractivity contribution < 1.29 is 4.79 Å². The molecule has 0 saturated carbocycles. The molecule has 2 aromatic rings. The van der Waals surface area contributed by atoms with Crippen LogP contribution in [-0.4, -0.2) is 21.1 Å². The van der Waals surface area contributed by atoms with Crippen molar-refractivity contribution in [1.29, 1.82) is 0 Å². The van der Waals surface area contributed by atoms with Crippen molar-refractivity contribution in [2.45, 2.75) is 52.7 Å². The molecule has 0 aliphatic heterocycles. The molecule has 0 unspecified atom stereocenters. The highest BCUT2D eigenvalue weighted by Crippen LogP contribution is 2.23. The number of carbonyl (C=O) groups is 1. The first kappa shape index (κ1) is 18.7. The van der Waals surface area contributed by atoms with Crippen molar-refractivity contribution in [3.05, 3.63) is 34.6 Å². The van der Waals surface area contributed by atoms with Gasteiger partial charge in [0.1, 0.15) is 5.78 Å². The van der Waals surface area contributed by atoms with Gasteiger partial charge in [-0.15, -0.1) is 0 Å². The number of fused-ring (bicyclic) bond motifs is 1. The number of rotatable bonds is 6. The number of ketones is 1. The lowest BCUT2D eigenvalue weighted by Crippen LogP contribution is -2.26. The first-order chi connectivity index (χ1) is 11.2. The molecule has 0 N–H and O–H groups in total. The number of nitrogens with zero attached hydrogens (tertiary/aromatic N) is 2. The van der Waals surface area contributed by atoms with Crippen LogP contribution in [0.5, 0.6) is 0 Å². The molecule has 0 saturated heterocycles. The molecule has 0 fully saturated rings. The molecule has 1 heterocycles. The fraction of sp³-hybridized carbons (Fsp3) is 0.526. The van der Waals surface area contributed by atoms with Crippen LogP contribution >= 0.6 is 11.8 Å². The van der Waals surface area contributed by atoms with E-state index in [9.17, 15) is 9.59 Å². The predicted molar refractivity (Wildman–Crippen MR) is 101 cm³/mol. The summed E-state index contributed by atoms with van der Waals surface area (Å²) in [5.41, 5.74) is 0.286. The average Bonchev–Trinajstić information content (AvgIpc) is 2.50. The zero-order chi connectivity index (χ0) is 17.9. The average molecular weight is 346 g/mol. The maximum absolute atomic E-state index is 12.8. The maximum Gasteiger partial charge on any atom is 0.262 e. The van der Waals surface area contributed by atoms with Gasteiger partial charge in [0.2, 0.25) is 0 Å². The van der Waals surface area contributed by atoms with E-state index in [4.69, 9.17) is 0 Å². The summed E-state index contributed by atoms with van der Waals surface area (Å²) < 4.78 is 1.73. The summed E-state index contributed by atoms with van der Waals surface area (Å²) in [4.78, 5) is 29.7. The highest BCUT2D eigenvalue weighted by atomic mass is 32.2. The van der Waals surface area contributed by atoms with E-state index in [1.54, 1.807) is 4.57 Å². The fourth-order valence-corrected chi connectivity index (χ4v) is 3.38. The van der Waals surface area contributed by atoms with Crippen LogP contribution in [0.2, 0.25) is 0 Å². The fourth-order valence-electron chi connectivity index (χ4n) is 2.19. The quantitative estimate of drug-likeness (QED) is 0.582. The van der Waals surface area contributed by atoms with Crippen LogP contribution in [0, 0.1) is 11.3 Å². The molecule has 5 heteroatoms. The van der Waals surface area contributed by atoms with Gasteiger partial charge in [-0.2, -0.15) is 0 Å². The molecule has 130 valence electrons. The lowest BCUT2D eigenvalue weighted by molar-refractivity contribution is -0.123. The molecule has 0 amide bonds. The summed E-state index contributed by atoms with van der Waals surface area (Å²) >= 11 is 1.37. The molecular formula is C19H26N2O2S. The normalized spacial score (nSPS) is 12.1. The van der Waals surface area contributed by atoms with Crippen LogP contribution in [0.15, 0.2) is 34.2 Å². The molecule has 4 nitrogen and oxygen atoms in total. The van der Waals surface area contributed by atoms with E-state index in [0.717, 1.165) is 6.42 Å². The summed E-state index contributed by atoms with van der Waals surface area (Å²) in [6, 6.07) is 7.39. The number of thioether (sulfide) groups is 1. The Morgan fingerprint density at radius 3 is 2.54 bits per heavy atom. The van der Waals surface area contributed by atoms with Crippen LogP contribution in [-0.2, 0) is 11.3 Å². The van der Waals surface area contributed by atoms with Crippen LogP contribution < -0.4 is 5.56 Å². The van der Waals surface area contributed by atoms with Gasteiger partial charge >= 0.3 is 0 Å². The van der Waals surface area contributed by atoms with Gasteiger partial charge in [-0.05, 0) is 24.5 Å². The number of Topliss-reactive ketones (excluding diaryl/α,β-unsaturated/α-hetero) is 1. The number of para-hydroxylation sites is 1. The van der Waals surface area contributed by atoms with Crippen LogP contribution in [0.4, 0.5) is 0 Å². The Labute approximate surface area is 147 Å². The maximum atomic E-state index is 12.8. The van der Waals surface area contributed by atoms with Crippen LogP contribution in [0.3, 0.4) is 0 Å². The summed E-state index contributed by atoms with van der Waals surface area (Å²) in [5.74, 6) is 0.985. The minimum Gasteiger partial charge on any atom is -0.298 e. The molecule has 1 aromatic carbocycles. The third-order valence-electron chi connectivity index (χ3n) is 3.93. The van der Waals surface area contributed by atoms with Gasteiger partial charge < -0.3 is 0 Å². The van der Waals surface area contributed by atoms with E-state index >= 15 is 0 Å². The number of benzene rings is 1. The number of aromatic nitrogens is 2. The van der Waals surface area contributed by atoms with E-state index in [-0.39, 0.29) is 16.8 Å². The Morgan fingerprint density at radius 2 is 1.92 bits per heavy atom. The van der Waals surface area contributed by atoms with Gasteiger partial charge in [-0.1, -0.05) is 58.5 Å². The Hall–Kier alpha value is -1.62. The van der Waals surface area contributed by atoms with Crippen molar-refractivity contribution >= 4 is 28.4 Å². The van der Waals surface area contributed by atoms with Gasteiger partial charge in [0.15, 0.2) is 5.16 Å². The summed E-state index contributed by atoms with van der Waals surface area (Å²) in [6.45, 7) is 10.6. The Kier molecular flexibility index (Phi) is 5.86. The van der Waals surface area contributed by atoms with Crippen LogP contribution in [0.25, 0.3) is 10.9 Å². The SMILES string of the molecule is CC(C)CCn1c(SCC(=O)C(C)(C)C)nc2ccccc2c1=O. The Morgan fingerprint density at radius 1 is 1.25 bits per heavy atom. The minimum absolute atomic E-state index is 0.0213. The van der Waals surface area contributed by atoms with Crippen molar-refractivity contribution in [3.63, 3.8) is 0 Å². The van der Waals surface area contributed by atoms with Gasteiger partial charge in [0.25, 0.3) is 5.56 Å². The zero-order valence-electron chi connectivity index (χ0n) is 15.1. The van der Waals surface area contributed by atoms with Crippen LogP contribution in [0.1, 0.15) is 41.0 Å². The smallest absolute Gasteiger partial charge is 0.262 e. The van der Waals surface area contributed by atoms with E-state index < -0.39 is 0 Å². The van der Waals surface area contributed by atoms with Crippen molar-refractivity contribution in [1.82, 2.24) is 9.55 Å². The molecule has 2 rings (SSSR count). The van der Waals surface area contributed by atoms with Crippen molar-refractivity contribution in [2.75, 3.05) is 5.75 Å². The zero-order valence-corrected chi connectivity index (χ0v) is 15.9. The van der Waals surface area contributed by atoms with Gasteiger partial charge in [0.05, 0.1) is 16.7 Å². The number of carbonyl (C=O) groups excluding carboxylic acids is 1. The summed E-state index contributed by atoms with van der Waals surface area (Å²) in [7, 11) is 0. The molecule has 0 radical (unpaired) electrons. The highest BCUT2D eigenvalue weighted by molar-refractivity contribution is 7.99. The van der Waals surface area contributed by atoms with E-state index in [1.165, 1.54) is 11.8 Å². The van der Waals surface area contributed by atoms with Gasteiger partial charge in [0, 0.05) is 12.0 Å². The second kappa shape index (κ2) is 7.51. The summed E-state index contributed by atoms with van der Waals surface area (Å²) in [6.07, 6.45) is 0.903. The van der Waals surface area contributed by atoms with Gasteiger partial charge in [-0.25, -0.2) is 4.98 Å². The first-order valence-corrected chi connectivity index (χ1v) is 9.34. The first-order valence-electron chi connectivity index (χ1n) is 8.36. The Bertz CT molecular complexity index is 788.